The van der Waals surface area contributed by atoms with E-state index in [1.807, 2.05) is 13.8 Å². The molecule has 4 atom stereocenters. The van der Waals surface area contributed by atoms with Crippen LogP contribution in [0.3, 0.4) is 0 Å². The zero-order chi connectivity index (χ0) is 27.8. The highest BCUT2D eigenvalue weighted by molar-refractivity contribution is 6.00. The van der Waals surface area contributed by atoms with E-state index in [-0.39, 0.29) is 62.5 Å². The number of morpholine rings is 1. The second-order valence-electron chi connectivity index (χ2n) is 9.79. The quantitative estimate of drug-likeness (QED) is 0.485. The van der Waals surface area contributed by atoms with Crippen molar-refractivity contribution in [3.8, 4) is 5.75 Å². The van der Waals surface area contributed by atoms with Crippen molar-refractivity contribution < 1.29 is 33.4 Å². The third-order valence-corrected chi connectivity index (χ3v) is 6.50. The molecule has 1 fully saturated rings. The van der Waals surface area contributed by atoms with E-state index in [9.17, 15) is 24.0 Å². The zero-order valence-electron chi connectivity index (χ0n) is 22.1. The summed E-state index contributed by atoms with van der Waals surface area (Å²) in [5.74, 6) is -2.00. The highest BCUT2D eigenvalue weighted by Crippen LogP contribution is 2.20. The van der Waals surface area contributed by atoms with Gasteiger partial charge in [0.1, 0.15) is 24.4 Å². The smallest absolute Gasteiger partial charge is 0.255 e. The highest BCUT2D eigenvalue weighted by Gasteiger charge is 2.33. The number of fused-ring (bicyclic) bond motifs is 1. The summed E-state index contributed by atoms with van der Waals surface area (Å²) >= 11 is 0. The minimum absolute atomic E-state index is 0.00607. The Labute approximate surface area is 222 Å². The van der Waals surface area contributed by atoms with E-state index in [1.54, 1.807) is 36.2 Å². The fraction of sp³-hybridized carbons (Fsp3) is 0.577. The maximum absolute atomic E-state index is 13.5. The van der Waals surface area contributed by atoms with Crippen molar-refractivity contribution in [1.82, 2.24) is 20.4 Å². The van der Waals surface area contributed by atoms with Gasteiger partial charge in [-0.25, -0.2) is 0 Å². The lowest BCUT2D eigenvalue weighted by atomic mass is 10.1. The van der Waals surface area contributed by atoms with Gasteiger partial charge < -0.3 is 35.6 Å². The van der Waals surface area contributed by atoms with Gasteiger partial charge in [0.2, 0.25) is 23.6 Å². The monoisotopic (exact) mass is 531 g/mol. The van der Waals surface area contributed by atoms with Crippen molar-refractivity contribution in [1.29, 1.82) is 0 Å². The summed E-state index contributed by atoms with van der Waals surface area (Å²) in [5, 5.41) is 5.46. The van der Waals surface area contributed by atoms with Crippen molar-refractivity contribution in [2.45, 2.75) is 63.8 Å². The molecule has 208 valence electrons. The van der Waals surface area contributed by atoms with Gasteiger partial charge in [-0.1, -0.05) is 12.1 Å². The van der Waals surface area contributed by atoms with Crippen LogP contribution in [-0.4, -0.2) is 96.9 Å². The first-order chi connectivity index (χ1) is 18.0. The molecule has 3 rings (SSSR count). The van der Waals surface area contributed by atoms with E-state index in [0.29, 0.717) is 18.8 Å². The average Bonchev–Trinajstić information content (AvgIpc) is 2.87. The molecule has 2 aliphatic heterocycles. The van der Waals surface area contributed by atoms with E-state index in [1.165, 1.54) is 4.90 Å². The number of primary amides is 1. The number of para-hydroxylation sites is 1. The number of hydrogen-bond donors (Lipinski definition) is 3. The Bertz CT molecular complexity index is 1040. The lowest BCUT2D eigenvalue weighted by Crippen LogP contribution is -2.55. The summed E-state index contributed by atoms with van der Waals surface area (Å²) in [6.45, 7) is 4.70. The van der Waals surface area contributed by atoms with Gasteiger partial charge >= 0.3 is 0 Å². The van der Waals surface area contributed by atoms with E-state index >= 15 is 0 Å². The van der Waals surface area contributed by atoms with Crippen LogP contribution in [0.15, 0.2) is 24.3 Å². The van der Waals surface area contributed by atoms with Crippen LogP contribution in [0, 0.1) is 0 Å². The molecule has 0 aliphatic carbocycles. The number of ether oxygens (including phenoxy) is 2. The molecule has 5 amide bonds. The number of rotatable bonds is 4. The minimum atomic E-state index is -0.994. The van der Waals surface area contributed by atoms with Crippen LogP contribution in [0.5, 0.6) is 5.75 Å². The Morgan fingerprint density at radius 2 is 1.76 bits per heavy atom. The predicted molar refractivity (Wildman–Crippen MR) is 137 cm³/mol. The molecule has 12 nitrogen and oxygen atoms in total. The van der Waals surface area contributed by atoms with Crippen LogP contribution >= 0.6 is 0 Å². The molecule has 0 bridgehead atoms. The van der Waals surface area contributed by atoms with Gasteiger partial charge in [0.05, 0.1) is 24.3 Å². The topological polar surface area (TPSA) is 160 Å². The van der Waals surface area contributed by atoms with Gasteiger partial charge in [-0.05, 0) is 38.8 Å². The number of carbonyl (C=O) groups is 5. The molecular formula is C26H37N5O7. The third kappa shape index (κ3) is 7.91. The number of amides is 5. The lowest BCUT2D eigenvalue weighted by molar-refractivity contribution is -0.145. The molecule has 1 aromatic carbocycles. The summed E-state index contributed by atoms with van der Waals surface area (Å²) in [5.41, 5.74) is 5.50. The highest BCUT2D eigenvalue weighted by atomic mass is 16.5. The molecule has 1 aromatic rings. The first kappa shape index (κ1) is 28.9. The third-order valence-electron chi connectivity index (χ3n) is 6.50. The fourth-order valence-corrected chi connectivity index (χ4v) is 4.61. The number of nitrogens with two attached hydrogens (primary N) is 1. The van der Waals surface area contributed by atoms with Gasteiger partial charge in [0.15, 0.2) is 0 Å². The number of likely N-dealkylation sites (N-methyl/N-ethyl adjacent to an activating group) is 1. The number of hydrogen-bond acceptors (Lipinski definition) is 7. The molecule has 2 heterocycles. The molecule has 12 heteroatoms. The van der Waals surface area contributed by atoms with E-state index in [4.69, 9.17) is 15.2 Å². The summed E-state index contributed by atoms with van der Waals surface area (Å²) < 4.78 is 11.5. The SMILES string of the molecule is C[C@@H]1CN(C(=O)[C@@H]2CCC(=O)N[C@@H](CCC(N)=O)C(=O)N(C)CCOc3ccccc3C(=O)N2)C[C@H](C)O1. The number of nitrogens with zero attached hydrogens (tertiary/aromatic N) is 2. The minimum Gasteiger partial charge on any atom is -0.491 e. The van der Waals surface area contributed by atoms with Crippen LogP contribution < -0.4 is 21.1 Å². The van der Waals surface area contributed by atoms with Gasteiger partial charge in [-0.2, -0.15) is 0 Å². The van der Waals surface area contributed by atoms with Crippen LogP contribution in [0.25, 0.3) is 0 Å². The average molecular weight is 532 g/mol. The van der Waals surface area contributed by atoms with Crippen molar-refractivity contribution in [2.24, 2.45) is 5.73 Å². The van der Waals surface area contributed by atoms with Crippen molar-refractivity contribution >= 4 is 29.5 Å². The van der Waals surface area contributed by atoms with Gasteiger partial charge in [-0.15, -0.1) is 0 Å². The Hall–Kier alpha value is -3.67. The summed E-state index contributed by atoms with van der Waals surface area (Å²) in [6, 6.07) is 4.66. The second kappa shape index (κ2) is 13.2. The molecule has 0 saturated carbocycles. The summed E-state index contributed by atoms with van der Waals surface area (Å²) in [4.78, 5) is 67.1. The molecule has 4 N–H and O–H groups in total. The first-order valence-corrected chi connectivity index (χ1v) is 12.8. The molecule has 1 saturated heterocycles. The molecule has 38 heavy (non-hydrogen) atoms. The standard InChI is InChI=1S/C26H37N5O7/c1-16-14-31(15-17(2)38-16)26(36)20-9-11-23(33)28-19(8-10-22(27)32)25(35)30(3)12-13-37-21-7-5-4-6-18(21)24(34)29-20/h4-7,16-17,19-20H,8-15H2,1-3H3,(H2,27,32)(H,28,33)(H,29,34)/t16-,17+,19-,20-/m0/s1. The molecule has 0 unspecified atom stereocenters. The Kier molecular flexibility index (Phi) is 10.1. The van der Waals surface area contributed by atoms with E-state index < -0.39 is 35.7 Å². The second-order valence-corrected chi connectivity index (χ2v) is 9.79. The van der Waals surface area contributed by atoms with E-state index in [0.717, 1.165) is 0 Å². The molecule has 0 aromatic heterocycles. The number of carbonyl (C=O) groups excluding carboxylic acids is 5. The fourth-order valence-electron chi connectivity index (χ4n) is 4.61. The normalized spacial score (nSPS) is 25.7. The number of nitrogens with one attached hydrogen (secondary N) is 2. The van der Waals surface area contributed by atoms with Crippen LogP contribution in [0.4, 0.5) is 0 Å². The van der Waals surface area contributed by atoms with Gasteiger partial charge in [0, 0.05) is 33.0 Å². The largest absolute Gasteiger partial charge is 0.491 e. The van der Waals surface area contributed by atoms with Gasteiger partial charge in [0.25, 0.3) is 5.91 Å². The maximum atomic E-state index is 13.5. The van der Waals surface area contributed by atoms with E-state index in [2.05, 4.69) is 10.6 Å². The molecule has 2 aliphatic rings. The zero-order valence-corrected chi connectivity index (χ0v) is 22.1. The maximum Gasteiger partial charge on any atom is 0.255 e. The Balaban J connectivity index is 1.88. The Morgan fingerprint density at radius 1 is 1.08 bits per heavy atom. The van der Waals surface area contributed by atoms with Crippen molar-refractivity contribution in [3.05, 3.63) is 29.8 Å². The summed E-state index contributed by atoms with van der Waals surface area (Å²) in [6.07, 6.45) is -0.519. The van der Waals surface area contributed by atoms with Crippen LogP contribution in [0.2, 0.25) is 0 Å². The summed E-state index contributed by atoms with van der Waals surface area (Å²) in [7, 11) is 1.56. The molecule has 0 spiro atoms. The van der Waals surface area contributed by atoms with Crippen molar-refractivity contribution in [3.63, 3.8) is 0 Å². The number of benzene rings is 1. The molecular weight excluding hydrogens is 494 g/mol. The van der Waals surface area contributed by atoms with Crippen molar-refractivity contribution in [2.75, 3.05) is 33.3 Å². The lowest BCUT2D eigenvalue weighted by Gasteiger charge is -2.37. The predicted octanol–water partition coefficient (Wildman–Crippen LogP) is -0.198. The molecule has 0 radical (unpaired) electrons. The van der Waals surface area contributed by atoms with Crippen LogP contribution in [-0.2, 0) is 23.9 Å². The van der Waals surface area contributed by atoms with Crippen LogP contribution in [0.1, 0.15) is 49.9 Å². The first-order valence-electron chi connectivity index (χ1n) is 12.8. The van der Waals surface area contributed by atoms with Gasteiger partial charge in [-0.3, -0.25) is 24.0 Å². The Morgan fingerprint density at radius 3 is 2.45 bits per heavy atom.